The summed E-state index contributed by atoms with van der Waals surface area (Å²) in [6, 6.07) is 28.8. The van der Waals surface area contributed by atoms with Crippen molar-refractivity contribution in [3.63, 3.8) is 0 Å². The van der Waals surface area contributed by atoms with Crippen LogP contribution in [0.1, 0.15) is 21.5 Å². The van der Waals surface area contributed by atoms with Gasteiger partial charge in [-0.15, -0.1) is 0 Å². The van der Waals surface area contributed by atoms with Crippen molar-refractivity contribution in [1.29, 1.82) is 0 Å². The fourth-order valence-electron chi connectivity index (χ4n) is 3.61. The van der Waals surface area contributed by atoms with Gasteiger partial charge in [0.25, 0.3) is 15.9 Å². The Hall–Kier alpha value is -4.14. The standard InChI is InChI=1S/C28H24ClN3O4S/c1-36-23-15-17-24(18-16-23)37(34,35)32(20-21-9-3-2-4-10-21)27-14-8-6-12-25(27)28(33)31-30-19-22-11-5-7-13-26(22)29/h2-19H,20H2,1H3,(H,31,33)/b30-19+. The van der Waals surface area contributed by atoms with Crippen molar-refractivity contribution >= 4 is 39.4 Å². The summed E-state index contributed by atoms with van der Waals surface area (Å²) in [5.41, 5.74) is 4.22. The molecule has 0 aromatic heterocycles. The average Bonchev–Trinajstić information content (AvgIpc) is 2.93. The van der Waals surface area contributed by atoms with E-state index in [0.29, 0.717) is 16.3 Å². The maximum absolute atomic E-state index is 13.9. The average molecular weight is 534 g/mol. The molecular weight excluding hydrogens is 510 g/mol. The number of benzene rings is 4. The Morgan fingerprint density at radius 3 is 2.27 bits per heavy atom. The Balaban J connectivity index is 1.71. The van der Waals surface area contributed by atoms with Gasteiger partial charge in [0, 0.05) is 10.6 Å². The van der Waals surface area contributed by atoms with Crippen LogP contribution in [-0.2, 0) is 16.6 Å². The molecule has 0 atom stereocenters. The number of hydrogen-bond donors (Lipinski definition) is 1. The number of anilines is 1. The molecule has 0 heterocycles. The maximum Gasteiger partial charge on any atom is 0.273 e. The number of halogens is 1. The monoisotopic (exact) mass is 533 g/mol. The van der Waals surface area contributed by atoms with E-state index in [-0.39, 0.29) is 22.7 Å². The minimum atomic E-state index is -4.06. The summed E-state index contributed by atoms with van der Waals surface area (Å²) in [5.74, 6) is -0.0355. The SMILES string of the molecule is COc1ccc(S(=O)(=O)N(Cc2ccccc2)c2ccccc2C(=O)N/N=C/c2ccccc2Cl)cc1. The third-order valence-corrected chi connectivity index (χ3v) is 7.63. The number of methoxy groups -OCH3 is 1. The molecule has 4 aromatic rings. The molecule has 0 aliphatic heterocycles. The predicted octanol–water partition coefficient (Wildman–Crippen LogP) is 5.51. The van der Waals surface area contributed by atoms with Crippen LogP contribution in [0.15, 0.2) is 113 Å². The lowest BCUT2D eigenvalue weighted by atomic mass is 10.1. The smallest absolute Gasteiger partial charge is 0.273 e. The molecule has 0 saturated carbocycles. The van der Waals surface area contributed by atoms with Crippen LogP contribution >= 0.6 is 11.6 Å². The van der Waals surface area contributed by atoms with Crippen LogP contribution in [0.25, 0.3) is 0 Å². The first kappa shape index (κ1) is 25.9. The molecular formula is C28H24ClN3O4S. The molecule has 4 aromatic carbocycles. The van der Waals surface area contributed by atoms with Crippen molar-refractivity contribution < 1.29 is 17.9 Å². The molecule has 0 bridgehead atoms. The molecule has 1 N–H and O–H groups in total. The van der Waals surface area contributed by atoms with Gasteiger partial charge in [-0.05, 0) is 48.0 Å². The molecule has 0 unspecified atom stereocenters. The van der Waals surface area contributed by atoms with Crippen LogP contribution in [0, 0.1) is 0 Å². The molecule has 4 rings (SSSR count). The molecule has 1 amide bonds. The zero-order valence-corrected chi connectivity index (χ0v) is 21.5. The van der Waals surface area contributed by atoms with Crippen LogP contribution in [0.4, 0.5) is 5.69 Å². The lowest BCUT2D eigenvalue weighted by Gasteiger charge is -2.26. The largest absolute Gasteiger partial charge is 0.497 e. The second-order valence-electron chi connectivity index (χ2n) is 7.91. The van der Waals surface area contributed by atoms with Crippen molar-refractivity contribution in [3.05, 3.63) is 125 Å². The van der Waals surface area contributed by atoms with Gasteiger partial charge in [-0.3, -0.25) is 9.10 Å². The summed E-state index contributed by atoms with van der Waals surface area (Å²) in [4.78, 5) is 13.2. The van der Waals surface area contributed by atoms with Gasteiger partial charge in [-0.1, -0.05) is 72.3 Å². The van der Waals surface area contributed by atoms with E-state index >= 15 is 0 Å². The van der Waals surface area contributed by atoms with Crippen molar-refractivity contribution in [2.45, 2.75) is 11.4 Å². The normalized spacial score (nSPS) is 11.3. The number of carbonyl (C=O) groups excluding carboxylic acids is 1. The molecule has 37 heavy (non-hydrogen) atoms. The van der Waals surface area contributed by atoms with Crippen molar-refractivity contribution in [2.24, 2.45) is 5.10 Å². The lowest BCUT2D eigenvalue weighted by molar-refractivity contribution is 0.0955. The molecule has 188 valence electrons. The number of nitrogens with zero attached hydrogens (tertiary/aromatic N) is 2. The number of para-hydroxylation sites is 1. The minimum Gasteiger partial charge on any atom is -0.497 e. The van der Waals surface area contributed by atoms with Crippen molar-refractivity contribution in [3.8, 4) is 5.75 Å². The molecule has 9 heteroatoms. The quantitative estimate of drug-likeness (QED) is 0.227. The van der Waals surface area contributed by atoms with Crippen LogP contribution in [0.2, 0.25) is 5.02 Å². The first-order chi connectivity index (χ1) is 17.9. The second kappa shape index (κ2) is 11.7. The number of ether oxygens (including phenoxy) is 1. The number of amides is 1. The fourth-order valence-corrected chi connectivity index (χ4v) is 5.26. The fraction of sp³-hybridized carbons (Fsp3) is 0.0714. The van der Waals surface area contributed by atoms with Gasteiger partial charge in [0.2, 0.25) is 0 Å². The highest BCUT2D eigenvalue weighted by Gasteiger charge is 2.28. The number of rotatable bonds is 9. The molecule has 0 fully saturated rings. The number of carbonyl (C=O) groups is 1. The third kappa shape index (κ3) is 6.17. The molecule has 7 nitrogen and oxygen atoms in total. The lowest BCUT2D eigenvalue weighted by Crippen LogP contribution is -2.33. The van der Waals surface area contributed by atoms with E-state index in [1.807, 2.05) is 30.3 Å². The summed E-state index contributed by atoms with van der Waals surface area (Å²) in [6.07, 6.45) is 1.43. The van der Waals surface area contributed by atoms with E-state index in [0.717, 1.165) is 5.56 Å². The van der Waals surface area contributed by atoms with Gasteiger partial charge in [0.1, 0.15) is 5.75 Å². The summed E-state index contributed by atoms with van der Waals surface area (Å²) >= 11 is 6.14. The zero-order valence-electron chi connectivity index (χ0n) is 19.9. The maximum atomic E-state index is 13.9. The van der Waals surface area contributed by atoms with E-state index in [9.17, 15) is 13.2 Å². The number of hydrazone groups is 1. The highest BCUT2D eigenvalue weighted by atomic mass is 35.5. The van der Waals surface area contributed by atoms with E-state index in [1.165, 1.54) is 29.8 Å². The van der Waals surface area contributed by atoms with Crippen LogP contribution in [0.5, 0.6) is 5.75 Å². The molecule has 0 aliphatic carbocycles. The van der Waals surface area contributed by atoms with Gasteiger partial charge < -0.3 is 4.74 Å². The molecule has 0 radical (unpaired) electrons. The highest BCUT2D eigenvalue weighted by Crippen LogP contribution is 2.30. The summed E-state index contributed by atoms with van der Waals surface area (Å²) < 4.78 is 34.1. The van der Waals surface area contributed by atoms with Crippen molar-refractivity contribution in [1.82, 2.24) is 5.43 Å². The van der Waals surface area contributed by atoms with E-state index < -0.39 is 15.9 Å². The Labute approximate surface area is 221 Å². The van der Waals surface area contributed by atoms with Crippen LogP contribution in [0.3, 0.4) is 0 Å². The number of nitrogens with one attached hydrogen (secondary N) is 1. The second-order valence-corrected chi connectivity index (χ2v) is 10.2. The van der Waals surface area contributed by atoms with Crippen molar-refractivity contribution in [2.75, 3.05) is 11.4 Å². The summed E-state index contributed by atoms with van der Waals surface area (Å²) in [5, 5.41) is 4.50. The molecule has 0 saturated heterocycles. The Bertz CT molecular complexity index is 1510. The summed E-state index contributed by atoms with van der Waals surface area (Å²) in [6.45, 7) is 0.0163. The van der Waals surface area contributed by atoms with Gasteiger partial charge >= 0.3 is 0 Å². The molecule has 0 spiro atoms. The molecule has 0 aliphatic rings. The van der Waals surface area contributed by atoms with Crippen LogP contribution < -0.4 is 14.5 Å². The predicted molar refractivity (Wildman–Crippen MR) is 146 cm³/mol. The first-order valence-corrected chi connectivity index (χ1v) is 13.1. The number of sulfonamides is 1. The van der Waals surface area contributed by atoms with E-state index in [4.69, 9.17) is 16.3 Å². The van der Waals surface area contributed by atoms with Gasteiger partial charge in [-0.2, -0.15) is 5.10 Å². The first-order valence-electron chi connectivity index (χ1n) is 11.3. The zero-order chi connectivity index (χ0) is 26.3. The Morgan fingerprint density at radius 1 is 0.919 bits per heavy atom. The van der Waals surface area contributed by atoms with Gasteiger partial charge in [0.15, 0.2) is 0 Å². The Kier molecular flexibility index (Phi) is 8.22. The third-order valence-electron chi connectivity index (χ3n) is 5.51. The highest BCUT2D eigenvalue weighted by molar-refractivity contribution is 7.92. The van der Waals surface area contributed by atoms with Gasteiger partial charge in [0.05, 0.1) is 36.0 Å². The van der Waals surface area contributed by atoms with E-state index in [1.54, 1.807) is 60.7 Å². The summed E-state index contributed by atoms with van der Waals surface area (Å²) in [7, 11) is -2.55. The van der Waals surface area contributed by atoms with E-state index in [2.05, 4.69) is 10.5 Å². The van der Waals surface area contributed by atoms with Crippen LogP contribution in [-0.4, -0.2) is 27.6 Å². The number of hydrogen-bond acceptors (Lipinski definition) is 5. The Morgan fingerprint density at radius 2 is 1.57 bits per heavy atom. The van der Waals surface area contributed by atoms with Gasteiger partial charge in [-0.25, -0.2) is 13.8 Å². The topological polar surface area (TPSA) is 88.1 Å². The minimum absolute atomic E-state index is 0.0163.